The minimum atomic E-state index is -0.157. The minimum absolute atomic E-state index is 0.157. The van der Waals surface area contributed by atoms with E-state index in [1.807, 2.05) is 0 Å². The number of thiophene rings is 1. The summed E-state index contributed by atoms with van der Waals surface area (Å²) >= 11 is 7.08. The zero-order valence-electron chi connectivity index (χ0n) is 6.84. The van der Waals surface area contributed by atoms with Crippen molar-refractivity contribution in [3.8, 4) is 12.3 Å². The van der Waals surface area contributed by atoms with E-state index in [1.54, 1.807) is 11.4 Å². The highest BCUT2D eigenvalue weighted by atomic mass is 35.5. The first-order chi connectivity index (χ1) is 6.25. The standard InChI is InChI=1S/C9H8ClNOS/c1-2-3-5-11-9(12)8-7(10)4-6-13-8/h1,4,6H,3,5H2,(H,11,12). The maximum Gasteiger partial charge on any atom is 0.262 e. The molecule has 1 aromatic rings. The lowest BCUT2D eigenvalue weighted by molar-refractivity contribution is 0.0959. The van der Waals surface area contributed by atoms with E-state index in [0.29, 0.717) is 22.9 Å². The minimum Gasteiger partial charge on any atom is -0.350 e. The Labute approximate surface area is 85.9 Å². The Kier molecular flexibility index (Phi) is 3.81. The van der Waals surface area contributed by atoms with Crippen LogP contribution in [0, 0.1) is 12.3 Å². The maximum atomic E-state index is 11.3. The van der Waals surface area contributed by atoms with Gasteiger partial charge in [0.25, 0.3) is 5.91 Å². The second-order valence-electron chi connectivity index (χ2n) is 2.31. The van der Waals surface area contributed by atoms with Crippen molar-refractivity contribution >= 4 is 28.8 Å². The van der Waals surface area contributed by atoms with Crippen molar-refractivity contribution in [1.82, 2.24) is 5.32 Å². The SMILES string of the molecule is C#CCCNC(=O)c1sccc1Cl. The van der Waals surface area contributed by atoms with Crippen LogP contribution in [0.1, 0.15) is 16.1 Å². The van der Waals surface area contributed by atoms with E-state index in [1.165, 1.54) is 11.3 Å². The number of rotatable bonds is 3. The van der Waals surface area contributed by atoms with Gasteiger partial charge in [0, 0.05) is 13.0 Å². The fourth-order valence-corrected chi connectivity index (χ4v) is 1.84. The van der Waals surface area contributed by atoms with Crippen molar-refractivity contribution in [1.29, 1.82) is 0 Å². The molecular formula is C9H8ClNOS. The van der Waals surface area contributed by atoms with Gasteiger partial charge in [0.2, 0.25) is 0 Å². The largest absolute Gasteiger partial charge is 0.350 e. The van der Waals surface area contributed by atoms with Crippen molar-refractivity contribution in [3.63, 3.8) is 0 Å². The first-order valence-corrected chi connectivity index (χ1v) is 4.96. The van der Waals surface area contributed by atoms with Crippen LogP contribution in [-0.2, 0) is 0 Å². The van der Waals surface area contributed by atoms with Gasteiger partial charge in [0.1, 0.15) is 4.88 Å². The van der Waals surface area contributed by atoms with E-state index in [2.05, 4.69) is 11.2 Å². The molecule has 68 valence electrons. The summed E-state index contributed by atoms with van der Waals surface area (Å²) in [5.41, 5.74) is 0. The van der Waals surface area contributed by atoms with E-state index in [-0.39, 0.29) is 5.91 Å². The maximum absolute atomic E-state index is 11.3. The second-order valence-corrected chi connectivity index (χ2v) is 3.63. The topological polar surface area (TPSA) is 29.1 Å². The summed E-state index contributed by atoms with van der Waals surface area (Å²) < 4.78 is 0. The van der Waals surface area contributed by atoms with Gasteiger partial charge < -0.3 is 5.32 Å². The van der Waals surface area contributed by atoms with Crippen LogP contribution >= 0.6 is 22.9 Å². The van der Waals surface area contributed by atoms with Crippen molar-refractivity contribution in [2.75, 3.05) is 6.54 Å². The van der Waals surface area contributed by atoms with Crippen LogP contribution in [-0.4, -0.2) is 12.5 Å². The lowest BCUT2D eigenvalue weighted by atomic mass is 10.4. The molecule has 1 aromatic heterocycles. The average Bonchev–Trinajstić information content (AvgIpc) is 2.52. The normalized spacial score (nSPS) is 9.23. The fourth-order valence-electron chi connectivity index (χ4n) is 0.784. The lowest BCUT2D eigenvalue weighted by Crippen LogP contribution is -2.23. The summed E-state index contributed by atoms with van der Waals surface area (Å²) in [4.78, 5) is 11.9. The molecule has 1 rings (SSSR count). The molecule has 0 aromatic carbocycles. The Bertz CT molecular complexity index is 340. The van der Waals surface area contributed by atoms with Gasteiger partial charge in [-0.2, -0.15) is 0 Å². The number of amides is 1. The highest BCUT2D eigenvalue weighted by molar-refractivity contribution is 7.12. The molecule has 0 atom stereocenters. The molecule has 13 heavy (non-hydrogen) atoms. The van der Waals surface area contributed by atoms with E-state index < -0.39 is 0 Å². The van der Waals surface area contributed by atoms with Gasteiger partial charge in [0.15, 0.2) is 0 Å². The fraction of sp³-hybridized carbons (Fsp3) is 0.222. The van der Waals surface area contributed by atoms with Crippen LogP contribution in [0.3, 0.4) is 0 Å². The van der Waals surface area contributed by atoms with E-state index in [4.69, 9.17) is 18.0 Å². The van der Waals surface area contributed by atoms with Gasteiger partial charge in [-0.05, 0) is 11.4 Å². The number of carbonyl (C=O) groups excluding carboxylic acids is 1. The predicted octanol–water partition coefficient (Wildman–Crippen LogP) is 2.15. The Morgan fingerprint density at radius 2 is 2.54 bits per heavy atom. The molecule has 0 radical (unpaired) electrons. The third kappa shape index (κ3) is 2.76. The summed E-state index contributed by atoms with van der Waals surface area (Å²) in [6, 6.07) is 1.70. The van der Waals surface area contributed by atoms with Crippen molar-refractivity contribution in [3.05, 3.63) is 21.3 Å². The molecule has 4 heteroatoms. The van der Waals surface area contributed by atoms with E-state index in [0.717, 1.165) is 0 Å². The molecule has 0 unspecified atom stereocenters. The molecule has 0 aliphatic rings. The molecule has 0 aliphatic carbocycles. The first-order valence-electron chi connectivity index (χ1n) is 3.70. The number of terminal acetylenes is 1. The van der Waals surface area contributed by atoms with Crippen LogP contribution in [0.4, 0.5) is 0 Å². The van der Waals surface area contributed by atoms with Gasteiger partial charge >= 0.3 is 0 Å². The Morgan fingerprint density at radius 3 is 3.08 bits per heavy atom. The van der Waals surface area contributed by atoms with E-state index >= 15 is 0 Å². The summed E-state index contributed by atoms with van der Waals surface area (Å²) in [7, 11) is 0. The quantitative estimate of drug-likeness (QED) is 0.605. The molecule has 0 spiro atoms. The Hall–Kier alpha value is -0.980. The van der Waals surface area contributed by atoms with Crippen molar-refractivity contribution in [2.45, 2.75) is 6.42 Å². The monoisotopic (exact) mass is 213 g/mol. The number of hydrogen-bond acceptors (Lipinski definition) is 2. The summed E-state index contributed by atoms with van der Waals surface area (Å²) in [5.74, 6) is 2.28. The Balaban J connectivity index is 2.50. The molecule has 0 bridgehead atoms. The van der Waals surface area contributed by atoms with Crippen LogP contribution in [0.2, 0.25) is 5.02 Å². The number of hydrogen-bond donors (Lipinski definition) is 1. The van der Waals surface area contributed by atoms with Crippen LogP contribution in [0.25, 0.3) is 0 Å². The zero-order valence-corrected chi connectivity index (χ0v) is 8.41. The molecular weight excluding hydrogens is 206 g/mol. The van der Waals surface area contributed by atoms with Crippen LogP contribution < -0.4 is 5.32 Å². The highest BCUT2D eigenvalue weighted by Crippen LogP contribution is 2.21. The molecule has 2 nitrogen and oxygen atoms in total. The second kappa shape index (κ2) is 4.90. The van der Waals surface area contributed by atoms with Gasteiger partial charge in [-0.1, -0.05) is 11.6 Å². The highest BCUT2D eigenvalue weighted by Gasteiger charge is 2.09. The smallest absolute Gasteiger partial charge is 0.262 e. The predicted molar refractivity (Wildman–Crippen MR) is 55.1 cm³/mol. The molecule has 0 aliphatic heterocycles. The third-order valence-electron chi connectivity index (χ3n) is 1.38. The van der Waals surface area contributed by atoms with Crippen molar-refractivity contribution in [2.24, 2.45) is 0 Å². The molecule has 1 N–H and O–H groups in total. The average molecular weight is 214 g/mol. The third-order valence-corrected chi connectivity index (χ3v) is 2.72. The number of nitrogens with one attached hydrogen (secondary N) is 1. The molecule has 1 heterocycles. The number of halogens is 1. The van der Waals surface area contributed by atoms with Crippen LogP contribution in [0.5, 0.6) is 0 Å². The molecule has 0 fully saturated rings. The number of carbonyl (C=O) groups is 1. The lowest BCUT2D eigenvalue weighted by Gasteiger charge is -1.99. The van der Waals surface area contributed by atoms with Gasteiger partial charge in [-0.25, -0.2) is 0 Å². The summed E-state index contributed by atoms with van der Waals surface area (Å²) in [6.07, 6.45) is 5.58. The molecule has 0 saturated heterocycles. The van der Waals surface area contributed by atoms with Gasteiger partial charge in [-0.15, -0.1) is 23.7 Å². The summed E-state index contributed by atoms with van der Waals surface area (Å²) in [6.45, 7) is 0.490. The van der Waals surface area contributed by atoms with Crippen LogP contribution in [0.15, 0.2) is 11.4 Å². The van der Waals surface area contributed by atoms with Gasteiger partial charge in [0.05, 0.1) is 5.02 Å². The van der Waals surface area contributed by atoms with Gasteiger partial charge in [-0.3, -0.25) is 4.79 Å². The van der Waals surface area contributed by atoms with Crippen molar-refractivity contribution < 1.29 is 4.79 Å². The van der Waals surface area contributed by atoms with E-state index in [9.17, 15) is 4.79 Å². The first kappa shape index (κ1) is 10.1. The Morgan fingerprint density at radius 1 is 1.77 bits per heavy atom. The summed E-state index contributed by atoms with van der Waals surface area (Å²) in [5, 5.41) is 4.94. The molecule has 0 saturated carbocycles. The zero-order chi connectivity index (χ0) is 9.68. The molecule has 1 amide bonds.